The summed E-state index contributed by atoms with van der Waals surface area (Å²) in [7, 11) is 0. The second-order valence-corrected chi connectivity index (χ2v) is 6.16. The van der Waals surface area contributed by atoms with Crippen LogP contribution in [0.25, 0.3) is 22.2 Å². The van der Waals surface area contributed by atoms with Crippen molar-refractivity contribution in [1.82, 2.24) is 4.98 Å². The topological polar surface area (TPSA) is 108 Å². The minimum Gasteiger partial charge on any atom is -0.462 e. The summed E-state index contributed by atoms with van der Waals surface area (Å²) in [6, 6.07) is 12.9. The van der Waals surface area contributed by atoms with Crippen LogP contribution >= 0.6 is 0 Å². The van der Waals surface area contributed by atoms with Crippen molar-refractivity contribution in [3.63, 3.8) is 0 Å². The second-order valence-electron chi connectivity index (χ2n) is 5.46. The van der Waals surface area contributed by atoms with Gasteiger partial charge in [-0.05, 0) is 42.8 Å². The van der Waals surface area contributed by atoms with Crippen molar-refractivity contribution in [3.05, 3.63) is 64.3 Å². The quantitative estimate of drug-likeness (QED) is 0.471. The summed E-state index contributed by atoms with van der Waals surface area (Å²) in [6.07, 6.45) is 0. The fourth-order valence-electron chi connectivity index (χ4n) is 2.56. The van der Waals surface area contributed by atoms with Crippen molar-refractivity contribution in [1.29, 1.82) is 0 Å². The number of anilines is 1. The molecule has 8 heteroatoms. The van der Waals surface area contributed by atoms with Gasteiger partial charge in [0.2, 0.25) is 0 Å². The van der Waals surface area contributed by atoms with E-state index in [1.54, 1.807) is 43.3 Å². The first-order valence-corrected chi connectivity index (χ1v) is 8.91. The van der Waals surface area contributed by atoms with Crippen molar-refractivity contribution >= 4 is 33.8 Å². The van der Waals surface area contributed by atoms with Crippen molar-refractivity contribution < 1.29 is 18.3 Å². The van der Waals surface area contributed by atoms with Crippen LogP contribution in [0.5, 0.6) is 0 Å². The highest BCUT2D eigenvalue weighted by molar-refractivity contribution is 7.80. The van der Waals surface area contributed by atoms with Crippen molar-refractivity contribution in [3.8, 4) is 11.3 Å². The Morgan fingerprint density at radius 3 is 2.58 bits per heavy atom. The molecule has 7 nitrogen and oxygen atoms in total. The number of hydrogen-bond donors (Lipinski definition) is 3. The standard InChI is InChI=1S/C18H16N2O5S/c1-2-25-18(22)12-5-8-15-14(9-12)17(21)10-16(19-15)11-3-6-13(7-4-11)20-26(23)24/h3-10,20H,2H2,1H3,(H,19,21)(H,23,24). The minimum absolute atomic E-state index is 0.224. The molecule has 1 heterocycles. The van der Waals surface area contributed by atoms with Gasteiger partial charge in [0.15, 0.2) is 5.43 Å². The molecule has 3 N–H and O–H groups in total. The first kappa shape index (κ1) is 17.8. The molecule has 0 bridgehead atoms. The second kappa shape index (κ2) is 7.51. The van der Waals surface area contributed by atoms with E-state index in [9.17, 15) is 13.8 Å². The van der Waals surface area contributed by atoms with Gasteiger partial charge in [-0.3, -0.25) is 14.1 Å². The van der Waals surface area contributed by atoms with Crippen LogP contribution in [0.3, 0.4) is 0 Å². The van der Waals surface area contributed by atoms with E-state index in [-0.39, 0.29) is 12.0 Å². The number of pyridine rings is 1. The van der Waals surface area contributed by atoms with E-state index < -0.39 is 17.2 Å². The summed E-state index contributed by atoms with van der Waals surface area (Å²) in [5.41, 5.74) is 2.52. The van der Waals surface area contributed by atoms with Gasteiger partial charge >= 0.3 is 5.97 Å². The summed E-state index contributed by atoms with van der Waals surface area (Å²) in [4.78, 5) is 27.4. The Morgan fingerprint density at radius 2 is 1.92 bits per heavy atom. The molecular weight excluding hydrogens is 356 g/mol. The number of benzene rings is 2. The number of nitrogens with one attached hydrogen (secondary N) is 2. The summed E-state index contributed by atoms with van der Waals surface area (Å²) in [5, 5.41) is 0.397. The van der Waals surface area contributed by atoms with Crippen LogP contribution in [0.4, 0.5) is 5.69 Å². The third-order valence-electron chi connectivity index (χ3n) is 3.74. The number of fused-ring (bicyclic) bond motifs is 1. The molecule has 26 heavy (non-hydrogen) atoms. The van der Waals surface area contributed by atoms with E-state index in [0.29, 0.717) is 27.8 Å². The number of carbonyl (C=O) groups is 1. The van der Waals surface area contributed by atoms with Crippen LogP contribution in [-0.2, 0) is 16.0 Å². The van der Waals surface area contributed by atoms with Crippen LogP contribution in [0, 0.1) is 0 Å². The maximum Gasteiger partial charge on any atom is 0.338 e. The van der Waals surface area contributed by atoms with E-state index in [4.69, 9.17) is 9.29 Å². The van der Waals surface area contributed by atoms with Gasteiger partial charge in [0.1, 0.15) is 0 Å². The van der Waals surface area contributed by atoms with E-state index in [1.807, 2.05) is 0 Å². The maximum absolute atomic E-state index is 12.5. The van der Waals surface area contributed by atoms with Gasteiger partial charge in [-0.2, -0.15) is 0 Å². The lowest BCUT2D eigenvalue weighted by Gasteiger charge is -2.08. The molecule has 134 valence electrons. The van der Waals surface area contributed by atoms with Gasteiger partial charge in [0, 0.05) is 28.4 Å². The zero-order valence-electron chi connectivity index (χ0n) is 13.8. The van der Waals surface area contributed by atoms with Crippen molar-refractivity contribution in [2.45, 2.75) is 6.92 Å². The Morgan fingerprint density at radius 1 is 1.19 bits per heavy atom. The minimum atomic E-state index is -2.14. The number of hydrogen-bond acceptors (Lipinski definition) is 4. The van der Waals surface area contributed by atoms with Crippen LogP contribution in [0.2, 0.25) is 0 Å². The fourth-order valence-corrected chi connectivity index (χ4v) is 2.90. The number of ether oxygens (including phenoxy) is 1. The van der Waals surface area contributed by atoms with Crippen LogP contribution in [0.1, 0.15) is 17.3 Å². The number of H-pyrrole nitrogens is 1. The highest BCUT2D eigenvalue weighted by Gasteiger charge is 2.10. The molecule has 0 spiro atoms. The predicted molar refractivity (Wildman–Crippen MR) is 100 cm³/mol. The maximum atomic E-state index is 12.5. The first-order chi connectivity index (χ1) is 12.5. The molecular formula is C18H16N2O5S. The highest BCUT2D eigenvalue weighted by Crippen LogP contribution is 2.21. The molecule has 1 aromatic heterocycles. The van der Waals surface area contributed by atoms with E-state index in [1.165, 1.54) is 12.1 Å². The summed E-state index contributed by atoms with van der Waals surface area (Å²) in [6.45, 7) is 1.98. The molecule has 0 saturated heterocycles. The molecule has 0 amide bonds. The van der Waals surface area contributed by atoms with Crippen LogP contribution < -0.4 is 10.2 Å². The first-order valence-electron chi connectivity index (χ1n) is 7.80. The normalized spacial score (nSPS) is 11.9. The SMILES string of the molecule is CCOC(=O)c1ccc2[nH]c(-c3ccc(NS(=O)O)cc3)cc(=O)c2c1. The van der Waals surface area contributed by atoms with Gasteiger partial charge in [-0.15, -0.1) is 0 Å². The number of rotatable bonds is 5. The molecule has 0 aliphatic rings. The molecule has 0 fully saturated rings. The predicted octanol–water partition coefficient (Wildman–Crippen LogP) is 2.92. The fraction of sp³-hybridized carbons (Fsp3) is 0.111. The Labute approximate surface area is 151 Å². The lowest BCUT2D eigenvalue weighted by molar-refractivity contribution is 0.0526. The summed E-state index contributed by atoms with van der Waals surface area (Å²) in [5.74, 6) is -0.470. The zero-order valence-corrected chi connectivity index (χ0v) is 14.6. The Balaban J connectivity index is 1.98. The molecule has 3 rings (SSSR count). The smallest absolute Gasteiger partial charge is 0.338 e. The van der Waals surface area contributed by atoms with Crippen LogP contribution in [0.15, 0.2) is 53.3 Å². The molecule has 1 unspecified atom stereocenters. The van der Waals surface area contributed by atoms with Crippen molar-refractivity contribution in [2.24, 2.45) is 0 Å². The molecule has 2 aromatic carbocycles. The monoisotopic (exact) mass is 372 g/mol. The number of aromatic amines is 1. The molecule has 0 aliphatic heterocycles. The molecule has 0 saturated carbocycles. The van der Waals surface area contributed by atoms with E-state index in [0.717, 1.165) is 5.56 Å². The average Bonchev–Trinajstić information content (AvgIpc) is 2.61. The summed E-state index contributed by atoms with van der Waals surface area (Å²) >= 11 is -2.14. The average molecular weight is 372 g/mol. The summed E-state index contributed by atoms with van der Waals surface area (Å²) < 4.78 is 26.9. The van der Waals surface area contributed by atoms with E-state index in [2.05, 4.69) is 9.71 Å². The third-order valence-corrected chi connectivity index (χ3v) is 4.15. The molecule has 0 aliphatic carbocycles. The Hall–Kier alpha value is -2.97. The number of aromatic nitrogens is 1. The molecule has 0 radical (unpaired) electrons. The number of carbonyl (C=O) groups excluding carboxylic acids is 1. The van der Waals surface area contributed by atoms with Gasteiger partial charge in [0.05, 0.1) is 12.2 Å². The molecule has 1 atom stereocenters. The third kappa shape index (κ3) is 3.81. The Bertz CT molecular complexity index is 1040. The highest BCUT2D eigenvalue weighted by atomic mass is 32.2. The molecule has 3 aromatic rings. The van der Waals surface area contributed by atoms with Gasteiger partial charge in [-0.1, -0.05) is 12.1 Å². The lowest BCUT2D eigenvalue weighted by Crippen LogP contribution is -2.08. The van der Waals surface area contributed by atoms with Gasteiger partial charge < -0.3 is 9.72 Å². The van der Waals surface area contributed by atoms with Gasteiger partial charge in [-0.25, -0.2) is 9.00 Å². The number of esters is 1. The largest absolute Gasteiger partial charge is 0.462 e. The zero-order chi connectivity index (χ0) is 18.7. The lowest BCUT2D eigenvalue weighted by atomic mass is 10.1. The van der Waals surface area contributed by atoms with E-state index >= 15 is 0 Å². The van der Waals surface area contributed by atoms with Crippen LogP contribution in [-0.4, -0.2) is 26.3 Å². The Kier molecular flexibility index (Phi) is 5.15. The van der Waals surface area contributed by atoms with Crippen molar-refractivity contribution in [2.75, 3.05) is 11.3 Å². The van der Waals surface area contributed by atoms with Gasteiger partial charge in [0.25, 0.3) is 11.3 Å².